The number of carbonyl (C=O) groups excluding carboxylic acids is 1. The van der Waals surface area contributed by atoms with Crippen LogP contribution in [0.5, 0.6) is 0 Å². The Labute approximate surface area is 184 Å². The summed E-state index contributed by atoms with van der Waals surface area (Å²) in [5, 5.41) is 3.47. The van der Waals surface area contributed by atoms with E-state index in [-0.39, 0.29) is 22.7 Å². The summed E-state index contributed by atoms with van der Waals surface area (Å²) in [6, 6.07) is 12.3. The van der Waals surface area contributed by atoms with Crippen LogP contribution in [0.15, 0.2) is 65.6 Å². The van der Waals surface area contributed by atoms with Gasteiger partial charge >= 0.3 is 6.18 Å². The molecule has 1 heterocycles. The first kappa shape index (κ1) is 21.9. The third-order valence-electron chi connectivity index (χ3n) is 6.24. The average molecular weight is 443 g/mol. The number of aromatic nitrogens is 1. The van der Waals surface area contributed by atoms with Crippen molar-refractivity contribution < 1.29 is 22.4 Å². The molecule has 1 aromatic heterocycles. The molecule has 1 N–H and O–H groups in total. The van der Waals surface area contributed by atoms with Crippen LogP contribution in [-0.2, 0) is 11.8 Å². The van der Waals surface area contributed by atoms with Gasteiger partial charge in [0.1, 0.15) is 6.26 Å². The molecular weight excluding hydrogens is 419 g/mol. The maximum Gasteiger partial charge on any atom is 0.413 e. The van der Waals surface area contributed by atoms with E-state index in [0.717, 1.165) is 31.8 Å². The highest BCUT2D eigenvalue weighted by molar-refractivity contribution is 5.92. The molecule has 0 saturated carbocycles. The van der Waals surface area contributed by atoms with E-state index < -0.39 is 18.1 Å². The van der Waals surface area contributed by atoms with Crippen LogP contribution < -0.4 is 5.32 Å². The second kappa shape index (κ2) is 8.00. The molecule has 1 unspecified atom stereocenters. The van der Waals surface area contributed by atoms with Crippen LogP contribution in [0.2, 0.25) is 0 Å². The van der Waals surface area contributed by atoms with E-state index in [1.165, 1.54) is 23.3 Å². The summed E-state index contributed by atoms with van der Waals surface area (Å²) in [6.45, 7) is 4.32. The quantitative estimate of drug-likeness (QED) is 0.576. The Bertz CT molecular complexity index is 1090. The molecule has 4 rings (SSSR count). The molecule has 0 saturated heterocycles. The number of anilines is 1. The molecule has 0 aliphatic heterocycles. The highest BCUT2D eigenvalue weighted by Gasteiger charge is 2.46. The molecule has 5 nitrogen and oxygen atoms in total. The van der Waals surface area contributed by atoms with Crippen LogP contribution in [0.25, 0.3) is 0 Å². The number of oxazole rings is 1. The number of rotatable bonds is 5. The Morgan fingerprint density at radius 1 is 1.19 bits per heavy atom. The number of nitrogens with zero attached hydrogens (tertiary/aromatic N) is 2. The minimum absolute atomic E-state index is 0.0311. The zero-order chi connectivity index (χ0) is 23.1. The molecule has 1 amide bonds. The van der Waals surface area contributed by atoms with Crippen LogP contribution in [0.1, 0.15) is 47.1 Å². The summed E-state index contributed by atoms with van der Waals surface area (Å²) in [5.74, 6) is -0.867. The largest absolute Gasteiger partial charge is 0.451 e. The van der Waals surface area contributed by atoms with Crippen molar-refractivity contribution in [2.45, 2.75) is 43.9 Å². The smallest absolute Gasteiger partial charge is 0.413 e. The summed E-state index contributed by atoms with van der Waals surface area (Å²) in [7, 11) is 1.11. The van der Waals surface area contributed by atoms with E-state index in [1.807, 2.05) is 12.1 Å². The van der Waals surface area contributed by atoms with Crippen molar-refractivity contribution in [1.29, 1.82) is 0 Å². The van der Waals surface area contributed by atoms with Crippen LogP contribution >= 0.6 is 0 Å². The van der Waals surface area contributed by atoms with Gasteiger partial charge in [-0.3, -0.25) is 4.79 Å². The van der Waals surface area contributed by atoms with Gasteiger partial charge in [0.2, 0.25) is 0 Å². The minimum Gasteiger partial charge on any atom is -0.451 e. The molecule has 1 aliphatic carbocycles. The lowest BCUT2D eigenvalue weighted by Crippen LogP contribution is -2.40. The van der Waals surface area contributed by atoms with Crippen LogP contribution in [0.3, 0.4) is 0 Å². The maximum atomic E-state index is 13.9. The van der Waals surface area contributed by atoms with E-state index in [9.17, 15) is 18.0 Å². The highest BCUT2D eigenvalue weighted by Crippen LogP contribution is 2.41. The number of amides is 1. The Hall–Kier alpha value is -3.29. The maximum absolute atomic E-state index is 13.9. The Morgan fingerprint density at radius 3 is 2.47 bits per heavy atom. The highest BCUT2D eigenvalue weighted by atomic mass is 19.4. The van der Waals surface area contributed by atoms with Crippen LogP contribution in [-0.4, -0.2) is 35.1 Å². The monoisotopic (exact) mass is 443 g/mol. The van der Waals surface area contributed by atoms with Crippen molar-refractivity contribution >= 4 is 11.6 Å². The van der Waals surface area contributed by atoms with E-state index in [4.69, 9.17) is 4.42 Å². The Kier molecular flexibility index (Phi) is 5.48. The number of alkyl halides is 3. The molecule has 2 atom stereocenters. The summed E-state index contributed by atoms with van der Waals surface area (Å²) in [5.41, 5.74) is 2.95. The summed E-state index contributed by atoms with van der Waals surface area (Å²) in [4.78, 5) is 16.7. The first-order chi connectivity index (χ1) is 15.1. The molecule has 3 aromatic rings. The summed E-state index contributed by atoms with van der Waals surface area (Å²) >= 11 is 0. The number of carbonyl (C=O) groups is 1. The summed E-state index contributed by atoms with van der Waals surface area (Å²) in [6.07, 6.45) is -1.78. The Balaban J connectivity index is 1.55. The molecule has 1 aliphatic rings. The number of nitrogens with one attached hydrogen (secondary N) is 1. The first-order valence-corrected chi connectivity index (χ1v) is 10.3. The van der Waals surface area contributed by atoms with Crippen molar-refractivity contribution in [3.05, 3.63) is 83.6 Å². The van der Waals surface area contributed by atoms with Gasteiger partial charge in [0.05, 0.1) is 0 Å². The SMILES string of the molecule is CN(C(=O)c1cocn1)[C@@H](c1ccc(NC2Cc3ccccc3C2(C)C)cc1)C(F)(F)F. The zero-order valence-corrected chi connectivity index (χ0v) is 18.0. The molecule has 168 valence electrons. The number of hydrogen-bond donors (Lipinski definition) is 1. The normalized spacial score (nSPS) is 18.1. The Morgan fingerprint density at radius 2 is 1.88 bits per heavy atom. The predicted octanol–water partition coefficient (Wildman–Crippen LogP) is 5.36. The van der Waals surface area contributed by atoms with Gasteiger partial charge in [0.25, 0.3) is 5.91 Å². The van der Waals surface area contributed by atoms with Crippen molar-refractivity contribution in [3.63, 3.8) is 0 Å². The van der Waals surface area contributed by atoms with Crippen molar-refractivity contribution in [2.75, 3.05) is 12.4 Å². The summed E-state index contributed by atoms with van der Waals surface area (Å²) < 4.78 is 46.4. The average Bonchev–Trinajstić information content (AvgIpc) is 3.35. The molecule has 32 heavy (non-hydrogen) atoms. The molecule has 0 spiro atoms. The number of fused-ring (bicyclic) bond motifs is 1. The predicted molar refractivity (Wildman–Crippen MR) is 114 cm³/mol. The van der Waals surface area contributed by atoms with Gasteiger partial charge in [-0.2, -0.15) is 13.2 Å². The van der Waals surface area contributed by atoms with Crippen molar-refractivity contribution in [1.82, 2.24) is 9.88 Å². The lowest BCUT2D eigenvalue weighted by molar-refractivity contribution is -0.176. The zero-order valence-electron chi connectivity index (χ0n) is 18.0. The third kappa shape index (κ3) is 3.97. The molecule has 8 heteroatoms. The fourth-order valence-corrected chi connectivity index (χ4v) is 4.43. The topological polar surface area (TPSA) is 58.4 Å². The molecule has 0 radical (unpaired) electrons. The second-order valence-electron chi connectivity index (χ2n) is 8.64. The van der Waals surface area contributed by atoms with E-state index in [1.54, 1.807) is 12.1 Å². The van der Waals surface area contributed by atoms with E-state index in [2.05, 4.69) is 36.3 Å². The number of hydrogen-bond acceptors (Lipinski definition) is 4. The molecule has 0 bridgehead atoms. The standard InChI is InChI=1S/C24H24F3N3O2/c1-23(2)18-7-5-4-6-16(18)12-20(23)29-17-10-8-15(9-11-17)21(24(25,26)27)30(3)22(31)19-13-32-14-28-19/h4-11,13-14,20-21,29H,12H2,1-3H3/t20?,21-/m0/s1. The van der Waals surface area contributed by atoms with Crippen molar-refractivity contribution in [3.8, 4) is 0 Å². The number of benzene rings is 2. The van der Waals surface area contributed by atoms with Crippen molar-refractivity contribution in [2.24, 2.45) is 0 Å². The van der Waals surface area contributed by atoms with Gasteiger partial charge in [-0.1, -0.05) is 50.2 Å². The molecule has 2 aromatic carbocycles. The van der Waals surface area contributed by atoms with E-state index >= 15 is 0 Å². The van der Waals surface area contributed by atoms with Gasteiger partial charge in [0.15, 0.2) is 18.1 Å². The van der Waals surface area contributed by atoms with E-state index in [0.29, 0.717) is 4.90 Å². The number of halogens is 3. The van der Waals surface area contributed by atoms with Gasteiger partial charge < -0.3 is 14.6 Å². The van der Waals surface area contributed by atoms with Gasteiger partial charge in [-0.25, -0.2) is 4.98 Å². The van der Waals surface area contributed by atoms with Crippen LogP contribution in [0, 0.1) is 0 Å². The second-order valence-corrected chi connectivity index (χ2v) is 8.64. The lowest BCUT2D eigenvalue weighted by Gasteiger charge is -2.31. The molecule has 0 fully saturated rings. The van der Waals surface area contributed by atoms with Crippen LogP contribution in [0.4, 0.5) is 18.9 Å². The first-order valence-electron chi connectivity index (χ1n) is 10.3. The molecular formula is C24H24F3N3O2. The minimum atomic E-state index is -4.65. The van der Waals surface area contributed by atoms with Gasteiger partial charge in [-0.05, 0) is 35.2 Å². The fourth-order valence-electron chi connectivity index (χ4n) is 4.43. The fraction of sp³-hybridized carbons (Fsp3) is 0.333. The van der Waals surface area contributed by atoms with Gasteiger partial charge in [-0.15, -0.1) is 0 Å². The lowest BCUT2D eigenvalue weighted by atomic mass is 9.83. The van der Waals surface area contributed by atoms with Gasteiger partial charge in [0, 0.05) is 24.2 Å². The third-order valence-corrected chi connectivity index (χ3v) is 6.24.